The van der Waals surface area contributed by atoms with Crippen LogP contribution in [0.1, 0.15) is 119 Å². The zero-order valence-electron chi connectivity index (χ0n) is 40.3. The average molecular weight is 917 g/mol. The zero-order chi connectivity index (χ0) is 48.2. The van der Waals surface area contributed by atoms with Gasteiger partial charge in [-0.2, -0.15) is 0 Å². The number of fused-ring (bicyclic) bond motifs is 3. The van der Waals surface area contributed by atoms with Crippen molar-refractivity contribution < 1.29 is 63.3 Å². The number of ether oxygens (including phenoxy) is 5. The molecule has 1 aliphatic carbocycles. The van der Waals surface area contributed by atoms with E-state index >= 15 is 0 Å². The molecule has 4 aliphatic rings. The van der Waals surface area contributed by atoms with Gasteiger partial charge in [-0.05, 0) is 101 Å². The van der Waals surface area contributed by atoms with Crippen molar-refractivity contribution >= 4 is 23.4 Å². The van der Waals surface area contributed by atoms with Crippen molar-refractivity contribution in [2.24, 2.45) is 35.3 Å². The molecule has 0 aromatic rings. The first-order valence-electron chi connectivity index (χ1n) is 23.8. The molecule has 1 saturated carbocycles. The van der Waals surface area contributed by atoms with Crippen LogP contribution >= 0.6 is 0 Å². The number of carbonyl (C=O) groups is 4. The highest BCUT2D eigenvalue weighted by Crippen LogP contribution is 2.37. The summed E-state index contributed by atoms with van der Waals surface area (Å²) in [5.74, 6) is -7.76. The Morgan fingerprint density at radius 1 is 0.815 bits per heavy atom. The molecule has 0 unspecified atom stereocenters. The molecule has 3 heterocycles. The van der Waals surface area contributed by atoms with Crippen molar-refractivity contribution in [1.82, 2.24) is 4.90 Å². The summed E-state index contributed by atoms with van der Waals surface area (Å²) in [7, 11) is 4.86. The van der Waals surface area contributed by atoms with E-state index in [2.05, 4.69) is 0 Å². The second-order valence-corrected chi connectivity index (χ2v) is 19.5. The Balaban J connectivity index is 1.69. The lowest BCUT2D eigenvalue weighted by molar-refractivity contribution is -0.265. The van der Waals surface area contributed by atoms with E-state index in [4.69, 9.17) is 29.4 Å². The fourth-order valence-electron chi connectivity index (χ4n) is 10.1. The smallest absolute Gasteiger partial charge is 0.329 e. The molecule has 4 rings (SSSR count). The van der Waals surface area contributed by atoms with Gasteiger partial charge in [-0.25, -0.2) is 4.79 Å². The van der Waals surface area contributed by atoms with Crippen LogP contribution in [0.15, 0.2) is 47.6 Å². The van der Waals surface area contributed by atoms with Gasteiger partial charge in [-0.1, -0.05) is 64.2 Å². The van der Waals surface area contributed by atoms with Crippen LogP contribution in [0.2, 0.25) is 0 Å². The van der Waals surface area contributed by atoms with Gasteiger partial charge in [0, 0.05) is 64.5 Å². The topological polar surface area (TPSA) is 225 Å². The van der Waals surface area contributed by atoms with Crippen LogP contribution in [-0.2, 0) is 42.9 Å². The standard InChI is InChI=1S/C50H80N2O13/c1-29-15-11-10-12-16-30(2)41(62-8)27-36-20-18-34(6)50(60,65-36)47(57)48(58)52-22-14-13-17-38(52)49(59)64-42(37(51)25-35-19-21-40(61-7)43(26-35)63-9)28-39(53)31(3)24-33(5)45(55)46(56)44(54)32(4)23-29/h10-12,15-16,24,29,31-32,34-43,45-46,53,55-56,60H,13-14,17-23,25-28,51H2,1-9H3/b12-10?,15-11+,30-16?,33-24+/t29-,31-,32-,34-,35+,36+,37-,38+,39-,40-,41+,42+,43-,45-,46+,50-/m1/s1. The number of carbonyl (C=O) groups excluding carboxylic acids is 4. The van der Waals surface area contributed by atoms with E-state index < -0.39 is 95.7 Å². The van der Waals surface area contributed by atoms with Gasteiger partial charge in [0.25, 0.3) is 11.7 Å². The van der Waals surface area contributed by atoms with Crippen molar-refractivity contribution in [2.75, 3.05) is 27.9 Å². The summed E-state index contributed by atoms with van der Waals surface area (Å²) >= 11 is 0. The van der Waals surface area contributed by atoms with Gasteiger partial charge in [0.15, 0.2) is 5.78 Å². The molecule has 3 fully saturated rings. The van der Waals surface area contributed by atoms with Crippen molar-refractivity contribution in [1.29, 1.82) is 0 Å². The first-order valence-corrected chi connectivity index (χ1v) is 23.8. The van der Waals surface area contributed by atoms with E-state index in [0.717, 1.165) is 18.4 Å². The van der Waals surface area contributed by atoms with Crippen LogP contribution in [0.4, 0.5) is 0 Å². The van der Waals surface area contributed by atoms with Crippen molar-refractivity contribution in [3.05, 3.63) is 47.6 Å². The highest BCUT2D eigenvalue weighted by Gasteiger charge is 2.53. The number of ketones is 2. The minimum Gasteiger partial charge on any atom is -0.459 e. The average Bonchev–Trinajstić information content (AvgIpc) is 3.29. The summed E-state index contributed by atoms with van der Waals surface area (Å²) in [4.78, 5) is 57.3. The molecule has 0 aromatic carbocycles. The minimum atomic E-state index is -2.44. The number of Topliss-reactive ketones (excluding diaryl/α,β-unsaturated/α-hetero) is 2. The maximum Gasteiger partial charge on any atom is 0.329 e. The van der Waals surface area contributed by atoms with Gasteiger partial charge < -0.3 is 54.7 Å². The summed E-state index contributed by atoms with van der Waals surface area (Å²) in [6.07, 6.45) is 9.81. The molecule has 15 nitrogen and oxygen atoms in total. The molecule has 0 aromatic heterocycles. The van der Waals surface area contributed by atoms with Crippen LogP contribution in [0.3, 0.4) is 0 Å². The number of allylic oxidation sites excluding steroid dienone is 5. The number of methoxy groups -OCH3 is 3. The second kappa shape index (κ2) is 25.3. The molecular weight excluding hydrogens is 837 g/mol. The third-order valence-electron chi connectivity index (χ3n) is 14.5. The number of hydrogen-bond donors (Lipinski definition) is 5. The third-order valence-corrected chi connectivity index (χ3v) is 14.5. The number of esters is 1. The summed E-state index contributed by atoms with van der Waals surface area (Å²) in [5.41, 5.74) is 8.06. The fourth-order valence-corrected chi connectivity index (χ4v) is 10.1. The lowest BCUT2D eigenvalue weighted by atomic mass is 9.80. The predicted octanol–water partition coefficient (Wildman–Crippen LogP) is 4.66. The number of hydrogen-bond acceptors (Lipinski definition) is 14. The molecule has 15 heteroatoms. The van der Waals surface area contributed by atoms with Crippen LogP contribution in [-0.4, -0.2) is 143 Å². The minimum absolute atomic E-state index is 0.0299. The van der Waals surface area contributed by atoms with E-state index in [-0.39, 0.29) is 49.0 Å². The Kier molecular flexibility index (Phi) is 21.2. The molecule has 16 atom stereocenters. The number of cyclic esters (lactones) is 1. The normalized spacial score (nSPS) is 40.2. The Morgan fingerprint density at radius 3 is 2.20 bits per heavy atom. The molecule has 1 amide bonds. The molecule has 3 aliphatic heterocycles. The SMILES string of the molecule is CO[C@H]1C[C@@H]2CC[C@@H](C)[C@@](O)(O2)C(=O)C(=O)N2CCCC[C@H]2C(=O)O[C@H]([C@H](N)C[C@@H]2CC[C@@H](OC)[C@H](OC)C2)C[C@@H](O)[C@H](C)/C=C(\C)[C@@H](O)[C@@H](O)C(=O)[C@H](C)C[C@H](C)/C=C/C=CC=C1C. The molecule has 368 valence electrons. The largest absolute Gasteiger partial charge is 0.459 e. The first-order chi connectivity index (χ1) is 30.7. The van der Waals surface area contributed by atoms with Crippen molar-refractivity contribution in [3.8, 4) is 0 Å². The van der Waals surface area contributed by atoms with Gasteiger partial charge >= 0.3 is 5.97 Å². The van der Waals surface area contributed by atoms with Crippen LogP contribution in [0.5, 0.6) is 0 Å². The van der Waals surface area contributed by atoms with E-state index in [9.17, 15) is 39.6 Å². The lowest BCUT2D eigenvalue weighted by Gasteiger charge is -2.42. The second-order valence-electron chi connectivity index (χ2n) is 19.5. The third kappa shape index (κ3) is 14.4. The highest BCUT2D eigenvalue weighted by atomic mass is 16.6. The number of nitrogens with two attached hydrogens (primary N) is 1. The van der Waals surface area contributed by atoms with E-state index in [0.29, 0.717) is 51.4 Å². The van der Waals surface area contributed by atoms with E-state index in [1.54, 1.807) is 55.1 Å². The molecule has 2 bridgehead atoms. The number of amides is 1. The molecular formula is C50H80N2O13. The van der Waals surface area contributed by atoms with Crippen LogP contribution < -0.4 is 5.73 Å². The number of aliphatic hydroxyl groups excluding tert-OH is 3. The van der Waals surface area contributed by atoms with E-state index in [1.165, 1.54) is 4.90 Å². The first kappa shape index (κ1) is 54.5. The van der Waals surface area contributed by atoms with Gasteiger partial charge in [0.1, 0.15) is 24.4 Å². The van der Waals surface area contributed by atoms with Gasteiger partial charge in [0.05, 0.1) is 30.5 Å². The number of rotatable bonds is 6. The van der Waals surface area contributed by atoms with Gasteiger partial charge in [-0.15, -0.1) is 0 Å². The summed E-state index contributed by atoms with van der Waals surface area (Å²) in [6, 6.07) is -1.92. The van der Waals surface area contributed by atoms with Crippen molar-refractivity contribution in [3.63, 3.8) is 0 Å². The fraction of sp³-hybridized carbons (Fsp3) is 0.760. The Labute approximate surface area is 386 Å². The zero-order valence-corrected chi connectivity index (χ0v) is 40.3. The maximum absolute atomic E-state index is 14.3. The molecule has 2 saturated heterocycles. The molecule has 0 spiro atoms. The maximum atomic E-state index is 14.3. The highest BCUT2D eigenvalue weighted by molar-refractivity contribution is 6.39. The van der Waals surface area contributed by atoms with Crippen LogP contribution in [0, 0.1) is 29.6 Å². The van der Waals surface area contributed by atoms with Crippen molar-refractivity contribution in [2.45, 2.75) is 185 Å². The van der Waals surface area contributed by atoms with Gasteiger partial charge in [-0.3, -0.25) is 14.4 Å². The quantitative estimate of drug-likeness (QED) is 0.139. The summed E-state index contributed by atoms with van der Waals surface area (Å²) in [5, 5.41) is 45.8. The van der Waals surface area contributed by atoms with Gasteiger partial charge in [0.2, 0.25) is 5.79 Å². The number of piperidine rings is 1. The summed E-state index contributed by atoms with van der Waals surface area (Å²) < 4.78 is 29.5. The predicted molar refractivity (Wildman–Crippen MR) is 245 cm³/mol. The number of aliphatic hydroxyl groups is 4. The Bertz CT molecular complexity index is 1710. The number of nitrogens with zero attached hydrogens (tertiary/aromatic N) is 1. The molecule has 6 N–H and O–H groups in total. The Morgan fingerprint density at radius 2 is 1.52 bits per heavy atom. The Hall–Kier alpha value is -3.12. The lowest BCUT2D eigenvalue weighted by Crippen LogP contribution is -2.61. The van der Waals surface area contributed by atoms with Crippen LogP contribution in [0.25, 0.3) is 0 Å². The summed E-state index contributed by atoms with van der Waals surface area (Å²) in [6.45, 7) is 10.6. The molecule has 65 heavy (non-hydrogen) atoms. The monoisotopic (exact) mass is 917 g/mol. The van der Waals surface area contributed by atoms with E-state index in [1.807, 2.05) is 44.2 Å². The molecule has 0 radical (unpaired) electrons.